The monoisotopic (exact) mass is 554 g/mol. The van der Waals surface area contributed by atoms with Crippen LogP contribution in [0.15, 0.2) is 46.2 Å². The summed E-state index contributed by atoms with van der Waals surface area (Å²) < 4.78 is 118. The molecule has 0 bridgehead atoms. The maximum absolute atomic E-state index is 12.0. The van der Waals surface area contributed by atoms with Gasteiger partial charge in [-0.05, 0) is 49.2 Å². The summed E-state index contributed by atoms with van der Waals surface area (Å²) in [5.74, 6) is 0. The maximum Gasteiger partial charge on any atom is 0.295 e. The lowest BCUT2D eigenvalue weighted by atomic mass is 10.1. The Hall–Kier alpha value is -2.50. The summed E-state index contributed by atoms with van der Waals surface area (Å²) in [5, 5.41) is -0.819. The Bertz CT molecular complexity index is 1560. The minimum atomic E-state index is -4.83. The zero-order chi connectivity index (χ0) is 26.1. The van der Waals surface area contributed by atoms with Crippen LogP contribution in [-0.4, -0.2) is 54.3 Å². The third-order valence-electron chi connectivity index (χ3n) is 4.21. The Kier molecular flexibility index (Phi) is 7.86. The molecule has 0 aliphatic rings. The fourth-order valence-electron chi connectivity index (χ4n) is 2.59. The number of hydrogen-bond acceptors (Lipinski definition) is 8. The fourth-order valence-corrected chi connectivity index (χ4v) is 5.26. The second kappa shape index (κ2) is 9.63. The minimum Gasteiger partial charge on any atom is -0.284 e. The lowest BCUT2D eigenvalue weighted by Gasteiger charge is -2.12. The molecule has 0 saturated carbocycles. The van der Waals surface area contributed by atoms with Crippen molar-refractivity contribution in [1.29, 1.82) is 0 Å². The Labute approximate surface area is 198 Å². The summed E-state index contributed by atoms with van der Waals surface area (Å²) in [4.78, 5) is -1.34. The standard InChI is InChI=1S/C18H22N2O10S4/c1-12(2)32(23,24)20-16-9-7-14(18(11-16)34(28,29)30)5-4-13-6-8-15(19-31(3,21)22)10-17(13)33(25,26)27/h4-12,19-20H,1-3H3,(H,25,26,27)(H,28,29,30). The average molecular weight is 555 g/mol. The van der Waals surface area contributed by atoms with Crippen molar-refractivity contribution in [3.63, 3.8) is 0 Å². The summed E-state index contributed by atoms with van der Waals surface area (Å²) >= 11 is 0. The molecule has 2 rings (SSSR count). The zero-order valence-electron chi connectivity index (χ0n) is 18.0. The van der Waals surface area contributed by atoms with Gasteiger partial charge in [0.15, 0.2) is 0 Å². The summed E-state index contributed by atoms with van der Waals surface area (Å²) in [6.45, 7) is 2.82. The molecule has 2 aromatic rings. The summed E-state index contributed by atoms with van der Waals surface area (Å²) in [6.07, 6.45) is 3.06. The second-order valence-corrected chi connectivity index (χ2v) is 14.1. The van der Waals surface area contributed by atoms with Crippen LogP contribution in [0.2, 0.25) is 0 Å². The van der Waals surface area contributed by atoms with Gasteiger partial charge >= 0.3 is 0 Å². The molecule has 34 heavy (non-hydrogen) atoms. The minimum absolute atomic E-state index is 0.130. The van der Waals surface area contributed by atoms with Gasteiger partial charge in [-0.15, -0.1) is 0 Å². The molecule has 4 N–H and O–H groups in total. The predicted octanol–water partition coefficient (Wildman–Crippen LogP) is 1.87. The number of hydrogen-bond donors (Lipinski definition) is 4. The van der Waals surface area contributed by atoms with E-state index < -0.39 is 55.3 Å². The van der Waals surface area contributed by atoms with E-state index in [9.17, 15) is 42.8 Å². The van der Waals surface area contributed by atoms with Crippen LogP contribution in [-0.2, 0) is 40.3 Å². The van der Waals surface area contributed by atoms with Crippen molar-refractivity contribution in [2.24, 2.45) is 0 Å². The van der Waals surface area contributed by atoms with Gasteiger partial charge in [-0.1, -0.05) is 24.3 Å². The van der Waals surface area contributed by atoms with Crippen LogP contribution in [0.4, 0.5) is 11.4 Å². The molecule has 0 spiro atoms. The normalized spacial score (nSPS) is 13.4. The first-order chi connectivity index (χ1) is 15.3. The smallest absolute Gasteiger partial charge is 0.284 e. The molecule has 0 atom stereocenters. The van der Waals surface area contributed by atoms with E-state index in [1.54, 1.807) is 0 Å². The largest absolute Gasteiger partial charge is 0.295 e. The Morgan fingerprint density at radius 1 is 0.706 bits per heavy atom. The first-order valence-corrected chi connectivity index (χ1v) is 15.5. The summed E-state index contributed by atoms with van der Waals surface area (Å²) in [7, 11) is -17.2. The molecule has 16 heteroatoms. The molecule has 188 valence electrons. The van der Waals surface area contributed by atoms with E-state index >= 15 is 0 Å². The lowest BCUT2D eigenvalue weighted by molar-refractivity contribution is 0.480. The van der Waals surface area contributed by atoms with Gasteiger partial charge in [-0.25, -0.2) is 16.8 Å². The Morgan fingerprint density at radius 3 is 1.41 bits per heavy atom. The molecule has 2 aromatic carbocycles. The lowest BCUT2D eigenvalue weighted by Crippen LogP contribution is -2.22. The van der Waals surface area contributed by atoms with Gasteiger partial charge in [0.2, 0.25) is 20.0 Å². The molecule has 0 aromatic heterocycles. The number of anilines is 2. The zero-order valence-corrected chi connectivity index (χ0v) is 21.3. The molecule has 0 fully saturated rings. The van der Waals surface area contributed by atoms with Crippen molar-refractivity contribution in [2.45, 2.75) is 28.9 Å². The van der Waals surface area contributed by atoms with Gasteiger partial charge in [0, 0.05) is 11.4 Å². The molecule has 0 aliphatic carbocycles. The van der Waals surface area contributed by atoms with E-state index in [2.05, 4.69) is 9.44 Å². The molecule has 0 amide bonds. The molecule has 0 saturated heterocycles. The van der Waals surface area contributed by atoms with E-state index in [0.717, 1.165) is 36.6 Å². The summed E-state index contributed by atoms with van der Waals surface area (Å²) in [6, 6.07) is 6.52. The highest BCUT2D eigenvalue weighted by Gasteiger charge is 2.20. The van der Waals surface area contributed by atoms with Crippen LogP contribution >= 0.6 is 0 Å². The van der Waals surface area contributed by atoms with Crippen LogP contribution in [0.1, 0.15) is 25.0 Å². The number of sulfonamides is 2. The number of nitrogens with one attached hydrogen (secondary N) is 2. The van der Waals surface area contributed by atoms with Gasteiger partial charge < -0.3 is 0 Å². The summed E-state index contributed by atoms with van der Waals surface area (Å²) in [5.41, 5.74) is -0.539. The topological polar surface area (TPSA) is 201 Å². The first kappa shape index (κ1) is 27.7. The van der Waals surface area contributed by atoms with Crippen LogP contribution < -0.4 is 9.44 Å². The van der Waals surface area contributed by atoms with Crippen molar-refractivity contribution >= 4 is 63.8 Å². The second-order valence-electron chi connectivity index (χ2n) is 7.36. The highest BCUT2D eigenvalue weighted by molar-refractivity contribution is 7.93. The first-order valence-electron chi connectivity index (χ1n) is 9.20. The molecule has 0 unspecified atom stereocenters. The maximum atomic E-state index is 12.0. The highest BCUT2D eigenvalue weighted by Crippen LogP contribution is 2.27. The molecular weight excluding hydrogens is 532 g/mol. The third-order valence-corrected chi connectivity index (χ3v) is 8.40. The molecule has 12 nitrogen and oxygen atoms in total. The molecule has 0 heterocycles. The Morgan fingerprint density at radius 2 is 1.09 bits per heavy atom. The molecule has 0 aliphatic heterocycles. The van der Waals surface area contributed by atoms with Crippen molar-refractivity contribution in [2.75, 3.05) is 15.7 Å². The van der Waals surface area contributed by atoms with E-state index in [1.165, 1.54) is 32.0 Å². The van der Waals surface area contributed by atoms with Crippen LogP contribution in [0.25, 0.3) is 12.2 Å². The Balaban J connectivity index is 2.58. The molecule has 0 radical (unpaired) electrons. The van der Waals surface area contributed by atoms with Crippen molar-refractivity contribution < 1.29 is 42.8 Å². The van der Waals surface area contributed by atoms with Gasteiger partial charge in [-0.3, -0.25) is 18.5 Å². The number of rotatable bonds is 9. The fraction of sp³-hybridized carbons (Fsp3) is 0.222. The molecular formula is C18H22N2O10S4. The quantitative estimate of drug-likeness (QED) is 0.262. The van der Waals surface area contributed by atoms with Crippen molar-refractivity contribution in [1.82, 2.24) is 0 Å². The average Bonchev–Trinajstić information content (AvgIpc) is 2.64. The van der Waals surface area contributed by atoms with Crippen molar-refractivity contribution in [3.05, 3.63) is 47.5 Å². The third kappa shape index (κ3) is 7.51. The van der Waals surface area contributed by atoms with Gasteiger partial charge in [-0.2, -0.15) is 16.8 Å². The van der Waals surface area contributed by atoms with E-state index in [0.29, 0.717) is 0 Å². The predicted molar refractivity (Wildman–Crippen MR) is 128 cm³/mol. The van der Waals surface area contributed by atoms with Gasteiger partial charge in [0.25, 0.3) is 20.2 Å². The van der Waals surface area contributed by atoms with E-state index in [4.69, 9.17) is 0 Å². The van der Waals surface area contributed by atoms with Gasteiger partial charge in [0.05, 0.1) is 11.5 Å². The van der Waals surface area contributed by atoms with Gasteiger partial charge in [0.1, 0.15) is 9.79 Å². The van der Waals surface area contributed by atoms with Crippen LogP contribution in [0, 0.1) is 0 Å². The van der Waals surface area contributed by atoms with Crippen molar-refractivity contribution in [3.8, 4) is 0 Å². The highest BCUT2D eigenvalue weighted by atomic mass is 32.2. The van der Waals surface area contributed by atoms with E-state index in [1.807, 2.05) is 0 Å². The van der Waals surface area contributed by atoms with Crippen LogP contribution in [0.3, 0.4) is 0 Å². The van der Waals surface area contributed by atoms with E-state index in [-0.39, 0.29) is 22.5 Å². The van der Waals surface area contributed by atoms with Crippen LogP contribution in [0.5, 0.6) is 0 Å². The SMILES string of the molecule is CC(C)S(=O)(=O)Nc1ccc(C=Cc2ccc(NS(C)(=O)=O)cc2S(=O)(=O)O)c(S(=O)(=O)O)c1. The number of benzene rings is 2.